The van der Waals surface area contributed by atoms with Gasteiger partial charge in [-0.2, -0.15) is 4.31 Å². The Morgan fingerprint density at radius 2 is 1.66 bits per heavy atom. The molecule has 1 N–H and O–H groups in total. The van der Waals surface area contributed by atoms with E-state index in [0.29, 0.717) is 53.4 Å². The van der Waals surface area contributed by atoms with E-state index >= 15 is 0 Å². The lowest BCUT2D eigenvalue weighted by Crippen LogP contribution is -2.51. The van der Waals surface area contributed by atoms with E-state index in [1.807, 2.05) is 36.1 Å². The Morgan fingerprint density at radius 1 is 1.00 bits per heavy atom. The number of aryl methyl sites for hydroxylation is 1. The molecule has 1 aliphatic rings. The molecule has 0 atom stereocenters. The van der Waals surface area contributed by atoms with E-state index in [-0.39, 0.29) is 0 Å². The Hall–Kier alpha value is -2.36. The number of nitrogens with zero attached hydrogens (tertiary/aromatic N) is 2. The zero-order valence-corrected chi connectivity index (χ0v) is 18.3. The molecule has 0 bridgehead atoms. The van der Waals surface area contributed by atoms with Crippen molar-refractivity contribution in [2.45, 2.75) is 11.8 Å². The Labute approximate surface area is 177 Å². The van der Waals surface area contributed by atoms with Crippen LogP contribution in [0.4, 0.5) is 5.69 Å². The molecule has 0 amide bonds. The van der Waals surface area contributed by atoms with Crippen LogP contribution in [0.25, 0.3) is 0 Å². The summed E-state index contributed by atoms with van der Waals surface area (Å²) in [5.41, 5.74) is 1.73. The summed E-state index contributed by atoms with van der Waals surface area (Å²) in [5.74, 6) is 1.33. The number of sulfonamides is 1. The summed E-state index contributed by atoms with van der Waals surface area (Å²) in [6.45, 7) is 3.67. The van der Waals surface area contributed by atoms with Crippen LogP contribution < -0.4 is 14.8 Å². The number of hydrogen-bond acceptors (Lipinski definition) is 5. The monoisotopic (exact) mass is 435 g/mol. The molecule has 0 spiro atoms. The quantitative estimate of drug-likeness (QED) is 0.724. The van der Waals surface area contributed by atoms with E-state index in [1.54, 1.807) is 32.4 Å². The van der Waals surface area contributed by atoms with Gasteiger partial charge in [-0.3, -0.25) is 0 Å². The molecule has 3 rings (SSSR count). The second-order valence-electron chi connectivity index (χ2n) is 6.70. The lowest BCUT2D eigenvalue weighted by atomic mass is 10.2. The molecular formula is C20H25N3O4S2. The number of hydrogen-bond donors (Lipinski definition) is 1. The molecule has 0 saturated carbocycles. The van der Waals surface area contributed by atoms with Crippen molar-refractivity contribution >= 4 is 33.0 Å². The zero-order valence-electron chi connectivity index (χ0n) is 16.7. The number of piperazine rings is 1. The third-order valence-corrected chi connectivity index (χ3v) is 7.11. The first-order valence-corrected chi connectivity index (χ1v) is 11.0. The molecule has 1 heterocycles. The summed E-state index contributed by atoms with van der Waals surface area (Å²) in [6, 6.07) is 12.3. The molecule has 1 aliphatic heterocycles. The summed E-state index contributed by atoms with van der Waals surface area (Å²) in [6.07, 6.45) is 0. The molecule has 156 valence electrons. The van der Waals surface area contributed by atoms with Crippen LogP contribution in [0.5, 0.6) is 11.5 Å². The topological polar surface area (TPSA) is 71.1 Å². The number of benzene rings is 2. The summed E-state index contributed by atoms with van der Waals surface area (Å²) < 4.78 is 37.8. The van der Waals surface area contributed by atoms with Crippen LogP contribution in [-0.2, 0) is 10.0 Å². The van der Waals surface area contributed by atoms with Crippen LogP contribution >= 0.6 is 12.2 Å². The van der Waals surface area contributed by atoms with Gasteiger partial charge in [0, 0.05) is 32.2 Å². The minimum Gasteiger partial charge on any atom is -0.497 e. The minimum absolute atomic E-state index is 0.318. The fraction of sp³-hybridized carbons (Fsp3) is 0.350. The third kappa shape index (κ3) is 4.80. The van der Waals surface area contributed by atoms with Gasteiger partial charge in [0.05, 0.1) is 24.8 Å². The Balaban J connectivity index is 1.65. The van der Waals surface area contributed by atoms with Crippen molar-refractivity contribution in [1.29, 1.82) is 0 Å². The highest BCUT2D eigenvalue weighted by Gasteiger charge is 2.29. The molecule has 1 saturated heterocycles. The molecule has 7 nitrogen and oxygen atoms in total. The molecule has 0 unspecified atom stereocenters. The van der Waals surface area contributed by atoms with E-state index in [9.17, 15) is 8.42 Å². The van der Waals surface area contributed by atoms with Crippen LogP contribution in [-0.4, -0.2) is 63.1 Å². The lowest BCUT2D eigenvalue weighted by Gasteiger charge is -2.35. The van der Waals surface area contributed by atoms with Crippen molar-refractivity contribution in [3.05, 3.63) is 48.0 Å². The van der Waals surface area contributed by atoms with Crippen LogP contribution in [0.1, 0.15) is 5.56 Å². The van der Waals surface area contributed by atoms with Gasteiger partial charge in [0.25, 0.3) is 0 Å². The van der Waals surface area contributed by atoms with Gasteiger partial charge < -0.3 is 19.7 Å². The molecule has 0 aromatic heterocycles. The first-order valence-electron chi connectivity index (χ1n) is 9.20. The average Bonchev–Trinajstić information content (AvgIpc) is 2.74. The predicted octanol–water partition coefficient (Wildman–Crippen LogP) is 2.72. The Bertz CT molecular complexity index is 970. The van der Waals surface area contributed by atoms with Crippen LogP contribution in [0, 0.1) is 6.92 Å². The number of anilines is 1. The van der Waals surface area contributed by atoms with Gasteiger partial charge in [-0.1, -0.05) is 17.7 Å². The SMILES string of the molecule is COc1ccc(OC)c(NC(=S)N2CCN(S(=O)(=O)c3ccc(C)cc3)CC2)c1. The fourth-order valence-electron chi connectivity index (χ4n) is 3.10. The molecule has 0 aliphatic carbocycles. The van der Waals surface area contributed by atoms with Gasteiger partial charge in [0.1, 0.15) is 11.5 Å². The van der Waals surface area contributed by atoms with Gasteiger partial charge in [-0.15, -0.1) is 0 Å². The van der Waals surface area contributed by atoms with Crippen molar-refractivity contribution in [2.24, 2.45) is 0 Å². The normalized spacial score (nSPS) is 15.1. The van der Waals surface area contributed by atoms with Gasteiger partial charge >= 0.3 is 0 Å². The second kappa shape index (κ2) is 8.98. The van der Waals surface area contributed by atoms with Crippen molar-refractivity contribution in [2.75, 3.05) is 45.7 Å². The van der Waals surface area contributed by atoms with E-state index < -0.39 is 10.0 Å². The highest BCUT2D eigenvalue weighted by Crippen LogP contribution is 2.29. The minimum atomic E-state index is -3.50. The van der Waals surface area contributed by atoms with Crippen LogP contribution in [0.3, 0.4) is 0 Å². The molecule has 1 fully saturated rings. The number of rotatable bonds is 5. The molecular weight excluding hydrogens is 410 g/mol. The number of methoxy groups -OCH3 is 2. The molecule has 9 heteroatoms. The van der Waals surface area contributed by atoms with E-state index in [0.717, 1.165) is 5.56 Å². The average molecular weight is 436 g/mol. The van der Waals surface area contributed by atoms with Gasteiger partial charge in [-0.05, 0) is 43.4 Å². The second-order valence-corrected chi connectivity index (χ2v) is 9.03. The van der Waals surface area contributed by atoms with Gasteiger partial charge in [0.2, 0.25) is 10.0 Å². The molecule has 2 aromatic rings. The van der Waals surface area contributed by atoms with Crippen molar-refractivity contribution < 1.29 is 17.9 Å². The summed E-state index contributed by atoms with van der Waals surface area (Å²) in [5, 5.41) is 3.70. The largest absolute Gasteiger partial charge is 0.497 e. The summed E-state index contributed by atoms with van der Waals surface area (Å²) >= 11 is 5.53. The van der Waals surface area contributed by atoms with Gasteiger partial charge in [0.15, 0.2) is 5.11 Å². The lowest BCUT2D eigenvalue weighted by molar-refractivity contribution is 0.268. The maximum atomic E-state index is 12.8. The maximum absolute atomic E-state index is 12.8. The molecule has 0 radical (unpaired) electrons. The Morgan fingerprint density at radius 3 is 2.24 bits per heavy atom. The first kappa shape index (κ1) is 21.4. The number of nitrogens with one attached hydrogen (secondary N) is 1. The van der Waals surface area contributed by atoms with Crippen molar-refractivity contribution in [3.8, 4) is 11.5 Å². The van der Waals surface area contributed by atoms with Crippen molar-refractivity contribution in [3.63, 3.8) is 0 Å². The maximum Gasteiger partial charge on any atom is 0.243 e. The van der Waals surface area contributed by atoms with E-state index in [2.05, 4.69) is 5.32 Å². The Kier molecular flexibility index (Phi) is 6.61. The summed E-state index contributed by atoms with van der Waals surface area (Å²) in [7, 11) is -0.317. The van der Waals surface area contributed by atoms with Gasteiger partial charge in [-0.25, -0.2) is 8.42 Å². The zero-order chi connectivity index (χ0) is 21.0. The fourth-order valence-corrected chi connectivity index (χ4v) is 4.81. The highest BCUT2D eigenvalue weighted by molar-refractivity contribution is 7.89. The number of ether oxygens (including phenoxy) is 2. The highest BCUT2D eigenvalue weighted by atomic mass is 32.2. The summed E-state index contributed by atoms with van der Waals surface area (Å²) in [4.78, 5) is 2.27. The van der Waals surface area contributed by atoms with Crippen LogP contribution in [0.2, 0.25) is 0 Å². The molecule has 29 heavy (non-hydrogen) atoms. The number of thiocarbonyl (C=S) groups is 1. The van der Waals surface area contributed by atoms with Crippen LogP contribution in [0.15, 0.2) is 47.4 Å². The van der Waals surface area contributed by atoms with E-state index in [4.69, 9.17) is 21.7 Å². The third-order valence-electron chi connectivity index (χ3n) is 4.83. The van der Waals surface area contributed by atoms with Crippen molar-refractivity contribution in [1.82, 2.24) is 9.21 Å². The van der Waals surface area contributed by atoms with E-state index in [1.165, 1.54) is 4.31 Å². The molecule has 2 aromatic carbocycles. The standard InChI is InChI=1S/C20H25N3O4S2/c1-15-4-7-17(8-5-15)29(24,25)23-12-10-22(11-13-23)20(28)21-18-14-16(26-2)6-9-19(18)27-3/h4-9,14H,10-13H2,1-3H3,(H,21,28). The predicted molar refractivity (Wildman–Crippen MR) is 117 cm³/mol. The first-order chi connectivity index (χ1) is 13.8. The smallest absolute Gasteiger partial charge is 0.243 e.